The monoisotopic (exact) mass is 281 g/mol. The van der Waals surface area contributed by atoms with Crippen LogP contribution in [0.15, 0.2) is 0 Å². The summed E-state index contributed by atoms with van der Waals surface area (Å²) in [6.07, 6.45) is 6.39. The Kier molecular flexibility index (Phi) is 4.40. The molecule has 2 saturated carbocycles. The van der Waals surface area contributed by atoms with Gasteiger partial charge in [-0.25, -0.2) is 0 Å². The van der Waals surface area contributed by atoms with E-state index in [0.29, 0.717) is 24.3 Å². The Labute approximate surface area is 121 Å². The van der Waals surface area contributed by atoms with Gasteiger partial charge in [0.1, 0.15) is 0 Å². The number of rotatable bonds is 3. The predicted octanol–water partition coefficient (Wildman–Crippen LogP) is 2.91. The molecule has 2 rings (SSSR count). The lowest BCUT2D eigenvalue weighted by molar-refractivity contribution is -0.142. The number of hydrogen-bond acceptors (Lipinski definition) is 2. The van der Waals surface area contributed by atoms with E-state index in [1.165, 1.54) is 0 Å². The van der Waals surface area contributed by atoms with Gasteiger partial charge < -0.3 is 10.0 Å². The van der Waals surface area contributed by atoms with Crippen molar-refractivity contribution in [2.45, 2.75) is 64.8 Å². The minimum Gasteiger partial charge on any atom is -0.481 e. The molecule has 0 saturated heterocycles. The summed E-state index contributed by atoms with van der Waals surface area (Å²) < 4.78 is 0. The smallest absolute Gasteiger partial charge is 0.306 e. The van der Waals surface area contributed by atoms with Crippen molar-refractivity contribution >= 4 is 11.9 Å². The molecule has 1 N–H and O–H groups in total. The first kappa shape index (κ1) is 15.3. The second kappa shape index (κ2) is 5.74. The Morgan fingerprint density at radius 1 is 1.05 bits per heavy atom. The van der Waals surface area contributed by atoms with E-state index in [-0.39, 0.29) is 17.7 Å². The van der Waals surface area contributed by atoms with Crippen molar-refractivity contribution in [2.24, 2.45) is 17.3 Å². The van der Waals surface area contributed by atoms with E-state index in [4.69, 9.17) is 5.11 Å². The Morgan fingerprint density at radius 3 is 2.10 bits per heavy atom. The molecule has 0 aromatic rings. The van der Waals surface area contributed by atoms with Crippen LogP contribution in [0.25, 0.3) is 0 Å². The molecular weight excluding hydrogens is 254 g/mol. The lowest BCUT2D eigenvalue weighted by Crippen LogP contribution is -2.43. The molecule has 114 valence electrons. The van der Waals surface area contributed by atoms with Gasteiger partial charge in [0, 0.05) is 19.0 Å². The van der Waals surface area contributed by atoms with Crippen molar-refractivity contribution in [1.82, 2.24) is 4.90 Å². The van der Waals surface area contributed by atoms with E-state index in [2.05, 4.69) is 13.8 Å². The zero-order valence-corrected chi connectivity index (χ0v) is 12.9. The molecule has 2 fully saturated rings. The first-order chi connectivity index (χ1) is 9.30. The van der Waals surface area contributed by atoms with E-state index < -0.39 is 5.97 Å². The highest BCUT2D eigenvalue weighted by Gasteiger charge is 2.37. The van der Waals surface area contributed by atoms with Gasteiger partial charge in [-0.05, 0) is 50.4 Å². The van der Waals surface area contributed by atoms with Crippen LogP contribution in [-0.2, 0) is 9.59 Å². The van der Waals surface area contributed by atoms with E-state index in [1.54, 1.807) is 0 Å². The van der Waals surface area contributed by atoms with Gasteiger partial charge >= 0.3 is 5.97 Å². The molecule has 2 aliphatic rings. The third-order valence-electron chi connectivity index (χ3n) is 5.34. The highest BCUT2D eigenvalue weighted by Crippen LogP contribution is 2.38. The van der Waals surface area contributed by atoms with Crippen molar-refractivity contribution in [1.29, 1.82) is 0 Å². The highest BCUT2D eigenvalue weighted by molar-refractivity contribution is 5.81. The fourth-order valence-electron chi connectivity index (χ4n) is 3.67. The molecular formula is C16H27NO3. The minimum atomic E-state index is -0.748. The van der Waals surface area contributed by atoms with Crippen LogP contribution in [0.5, 0.6) is 0 Å². The molecule has 0 aromatic heterocycles. The van der Waals surface area contributed by atoms with Crippen molar-refractivity contribution in [3.8, 4) is 0 Å². The van der Waals surface area contributed by atoms with E-state index >= 15 is 0 Å². The van der Waals surface area contributed by atoms with Gasteiger partial charge in [0.15, 0.2) is 0 Å². The van der Waals surface area contributed by atoms with Gasteiger partial charge in [0.2, 0.25) is 5.91 Å². The Balaban J connectivity index is 1.88. The molecule has 0 radical (unpaired) electrons. The third kappa shape index (κ3) is 3.33. The van der Waals surface area contributed by atoms with Crippen molar-refractivity contribution in [3.05, 3.63) is 0 Å². The van der Waals surface area contributed by atoms with Gasteiger partial charge in [-0.2, -0.15) is 0 Å². The number of nitrogens with zero attached hydrogens (tertiary/aromatic N) is 1. The number of carbonyl (C=O) groups excluding carboxylic acids is 1. The van der Waals surface area contributed by atoms with Gasteiger partial charge in [0.25, 0.3) is 0 Å². The molecule has 2 aliphatic carbocycles. The Bertz CT molecular complexity index is 381. The molecule has 2 atom stereocenters. The largest absolute Gasteiger partial charge is 0.481 e. The lowest BCUT2D eigenvalue weighted by Gasteiger charge is -2.39. The fraction of sp³-hybridized carbons (Fsp3) is 0.875. The second-order valence-electron chi connectivity index (χ2n) is 7.39. The predicted molar refractivity (Wildman–Crippen MR) is 77.3 cm³/mol. The molecule has 0 bridgehead atoms. The van der Waals surface area contributed by atoms with Crippen molar-refractivity contribution < 1.29 is 14.7 Å². The number of hydrogen-bond donors (Lipinski definition) is 1. The summed E-state index contributed by atoms with van der Waals surface area (Å²) in [6.45, 7) is 4.58. The van der Waals surface area contributed by atoms with Crippen LogP contribution in [0.2, 0.25) is 0 Å². The first-order valence-electron chi connectivity index (χ1n) is 7.79. The molecule has 20 heavy (non-hydrogen) atoms. The van der Waals surface area contributed by atoms with Crippen LogP contribution in [0.4, 0.5) is 0 Å². The summed E-state index contributed by atoms with van der Waals surface area (Å²) >= 11 is 0. The zero-order chi connectivity index (χ0) is 14.9. The maximum absolute atomic E-state index is 12.5. The fourth-order valence-corrected chi connectivity index (χ4v) is 3.67. The van der Waals surface area contributed by atoms with E-state index in [0.717, 1.165) is 32.1 Å². The van der Waals surface area contributed by atoms with Crippen LogP contribution < -0.4 is 0 Å². The van der Waals surface area contributed by atoms with E-state index in [1.807, 2.05) is 11.9 Å². The molecule has 0 heterocycles. The molecule has 0 aromatic carbocycles. The molecule has 0 aliphatic heterocycles. The van der Waals surface area contributed by atoms with E-state index in [9.17, 15) is 9.59 Å². The van der Waals surface area contributed by atoms with Crippen LogP contribution in [0, 0.1) is 17.3 Å². The molecule has 4 nitrogen and oxygen atoms in total. The number of aliphatic carboxylic acids is 1. The number of carboxylic acid groups (broad SMARTS) is 1. The molecule has 0 unspecified atom stereocenters. The maximum atomic E-state index is 12.5. The quantitative estimate of drug-likeness (QED) is 0.865. The zero-order valence-electron chi connectivity index (χ0n) is 12.9. The van der Waals surface area contributed by atoms with Gasteiger partial charge in [0.05, 0.1) is 5.92 Å². The summed E-state index contributed by atoms with van der Waals surface area (Å²) in [5.74, 6) is -0.973. The Hall–Kier alpha value is -1.06. The summed E-state index contributed by atoms with van der Waals surface area (Å²) in [5, 5.41) is 9.03. The SMILES string of the molecule is CN(C(=O)[C@@H]1CC[C@H](C(=O)O)C1)C1CCC(C)(C)CC1. The second-order valence-corrected chi connectivity index (χ2v) is 7.39. The third-order valence-corrected chi connectivity index (χ3v) is 5.34. The average Bonchev–Trinajstić information content (AvgIpc) is 2.86. The van der Waals surface area contributed by atoms with Crippen LogP contribution in [0.1, 0.15) is 58.8 Å². The summed E-state index contributed by atoms with van der Waals surface area (Å²) in [6, 6.07) is 0.347. The number of amides is 1. The number of carboxylic acids is 1. The van der Waals surface area contributed by atoms with Gasteiger partial charge in [-0.15, -0.1) is 0 Å². The summed E-state index contributed by atoms with van der Waals surface area (Å²) in [4.78, 5) is 25.4. The molecule has 1 amide bonds. The van der Waals surface area contributed by atoms with Crippen molar-refractivity contribution in [3.63, 3.8) is 0 Å². The standard InChI is InChI=1S/C16H27NO3/c1-16(2)8-6-13(7-9-16)17(3)14(18)11-4-5-12(10-11)15(19)20/h11-13H,4-10H2,1-3H3,(H,19,20)/t11-,12+/m1/s1. The number of carbonyl (C=O) groups is 2. The normalized spacial score (nSPS) is 30.1. The topological polar surface area (TPSA) is 57.6 Å². The van der Waals surface area contributed by atoms with Crippen LogP contribution >= 0.6 is 0 Å². The van der Waals surface area contributed by atoms with Gasteiger partial charge in [-0.1, -0.05) is 13.8 Å². The van der Waals surface area contributed by atoms with Gasteiger partial charge in [-0.3, -0.25) is 9.59 Å². The minimum absolute atomic E-state index is 0.0731. The molecule has 4 heteroatoms. The summed E-state index contributed by atoms with van der Waals surface area (Å²) in [5.41, 5.74) is 0.405. The average molecular weight is 281 g/mol. The van der Waals surface area contributed by atoms with Crippen LogP contribution in [-0.4, -0.2) is 35.0 Å². The molecule has 0 spiro atoms. The first-order valence-corrected chi connectivity index (χ1v) is 7.79. The maximum Gasteiger partial charge on any atom is 0.306 e. The lowest BCUT2D eigenvalue weighted by atomic mass is 9.75. The summed E-state index contributed by atoms with van der Waals surface area (Å²) in [7, 11) is 1.90. The van der Waals surface area contributed by atoms with Crippen LogP contribution in [0.3, 0.4) is 0 Å². The highest BCUT2D eigenvalue weighted by atomic mass is 16.4. The van der Waals surface area contributed by atoms with Crippen molar-refractivity contribution in [2.75, 3.05) is 7.05 Å². The Morgan fingerprint density at radius 2 is 1.60 bits per heavy atom.